The van der Waals surface area contributed by atoms with Crippen molar-refractivity contribution in [3.05, 3.63) is 82.4 Å². The molecule has 3 aromatic rings. The lowest BCUT2D eigenvalue weighted by Crippen LogP contribution is -2.33. The van der Waals surface area contributed by atoms with Crippen LogP contribution in [0.2, 0.25) is 0 Å². The Morgan fingerprint density at radius 3 is 1.93 bits per heavy atom. The number of phosphoric ester groups is 1. The Labute approximate surface area is 426 Å². The minimum Gasteiger partial charge on any atom is -0.508 e. The molecule has 406 valence electrons. The number of esters is 1. The van der Waals surface area contributed by atoms with E-state index in [1.165, 1.54) is 37.0 Å². The van der Waals surface area contributed by atoms with Crippen molar-refractivity contribution in [2.24, 2.45) is 17.6 Å². The Bertz CT molecular complexity index is 2300. The summed E-state index contributed by atoms with van der Waals surface area (Å²) in [6.45, 7) is 7.24. The number of amides is 1. The minimum absolute atomic E-state index is 0.0139. The zero-order chi connectivity index (χ0) is 52.9. The number of hydrogen-bond donors (Lipinski definition) is 6. The summed E-state index contributed by atoms with van der Waals surface area (Å²) in [5.41, 5.74) is 5.59. The first-order valence-electron chi connectivity index (χ1n) is 24.3. The van der Waals surface area contributed by atoms with Gasteiger partial charge in [0.05, 0.1) is 78.2 Å². The molecular formula is C48H70N2O20P3+. The van der Waals surface area contributed by atoms with Gasteiger partial charge in [0.1, 0.15) is 23.0 Å². The SMILES string of the molecule is CCC(CC)CCOP(=O)(O)OCC(CCCCNC(=O)c1ccc2c(c1)C(=O)OC21c2ccc(O)cc2Oc2cc(O)ccc21)COP(C)(=O)OCC(COCCOCCOCCOCCCN)O[P+](=O)O. The van der Waals surface area contributed by atoms with Crippen LogP contribution in [-0.4, -0.2) is 137 Å². The fraction of sp³-hybridized carbons (Fsp3) is 0.583. The summed E-state index contributed by atoms with van der Waals surface area (Å²) in [4.78, 5) is 46.9. The largest absolute Gasteiger partial charge is 0.695 e. The monoisotopic (exact) mass is 1090 g/mol. The summed E-state index contributed by atoms with van der Waals surface area (Å²) in [5, 5.41) is 23.3. The van der Waals surface area contributed by atoms with E-state index in [0.29, 0.717) is 87.9 Å². The third-order valence-corrected chi connectivity index (χ3v) is 14.7. The number of carbonyl (C=O) groups excluding carboxylic acids is 2. The molecule has 22 nitrogen and oxygen atoms in total. The van der Waals surface area contributed by atoms with E-state index in [0.717, 1.165) is 19.3 Å². The van der Waals surface area contributed by atoms with Crippen LogP contribution in [0.3, 0.4) is 0 Å². The molecule has 1 spiro atoms. The van der Waals surface area contributed by atoms with Crippen molar-refractivity contribution in [1.29, 1.82) is 0 Å². The maximum absolute atomic E-state index is 13.6. The first-order valence-corrected chi connectivity index (χ1v) is 29.0. The van der Waals surface area contributed by atoms with Gasteiger partial charge in [-0.25, -0.2) is 9.36 Å². The molecule has 0 fully saturated rings. The highest BCUT2D eigenvalue weighted by molar-refractivity contribution is 7.53. The van der Waals surface area contributed by atoms with Crippen LogP contribution in [0.1, 0.15) is 96.2 Å². The predicted molar refractivity (Wildman–Crippen MR) is 265 cm³/mol. The van der Waals surface area contributed by atoms with Gasteiger partial charge >= 0.3 is 29.6 Å². The van der Waals surface area contributed by atoms with E-state index in [4.69, 9.17) is 56.8 Å². The fourth-order valence-electron chi connectivity index (χ4n) is 7.98. The molecule has 0 saturated carbocycles. The van der Waals surface area contributed by atoms with Crippen molar-refractivity contribution < 1.29 is 94.3 Å². The average Bonchev–Trinajstić information content (AvgIpc) is 3.64. The van der Waals surface area contributed by atoms with E-state index in [9.17, 15) is 43.3 Å². The van der Waals surface area contributed by atoms with Crippen LogP contribution in [0.5, 0.6) is 23.0 Å². The molecule has 2 aliphatic heterocycles. The number of hydrogen-bond acceptors (Lipinski definition) is 19. The van der Waals surface area contributed by atoms with Crippen LogP contribution in [0.25, 0.3) is 0 Å². The van der Waals surface area contributed by atoms with Crippen LogP contribution in [-0.2, 0) is 65.6 Å². The second-order valence-electron chi connectivity index (χ2n) is 17.4. The van der Waals surface area contributed by atoms with Gasteiger partial charge in [-0.05, 0) is 74.5 Å². The predicted octanol–water partition coefficient (Wildman–Crippen LogP) is 7.45. The number of fused-ring (bicyclic) bond motifs is 6. The van der Waals surface area contributed by atoms with E-state index >= 15 is 0 Å². The Balaban J connectivity index is 1.12. The van der Waals surface area contributed by atoms with Crippen LogP contribution in [0, 0.1) is 11.8 Å². The third-order valence-electron chi connectivity index (χ3n) is 12.0. The van der Waals surface area contributed by atoms with E-state index < -0.39 is 59.8 Å². The number of carbonyl (C=O) groups is 2. The fourth-order valence-corrected chi connectivity index (χ4v) is 10.2. The molecule has 0 saturated heterocycles. The summed E-state index contributed by atoms with van der Waals surface area (Å²) in [7, 11) is -11.4. The van der Waals surface area contributed by atoms with Gasteiger partial charge in [0.2, 0.25) is 0 Å². The van der Waals surface area contributed by atoms with E-state index in [1.807, 2.05) is 13.8 Å². The van der Waals surface area contributed by atoms with Crippen molar-refractivity contribution in [1.82, 2.24) is 5.32 Å². The molecular weight excluding hydrogens is 1020 g/mol. The van der Waals surface area contributed by atoms with E-state index in [2.05, 4.69) is 5.32 Å². The summed E-state index contributed by atoms with van der Waals surface area (Å²) in [5.74, 6) is -1.18. The summed E-state index contributed by atoms with van der Waals surface area (Å²) < 4.78 is 98.6. The number of nitrogens with one attached hydrogen (secondary N) is 1. The van der Waals surface area contributed by atoms with Crippen molar-refractivity contribution in [2.45, 2.75) is 70.5 Å². The maximum atomic E-state index is 13.6. The summed E-state index contributed by atoms with van der Waals surface area (Å²) >= 11 is 0. The molecule has 0 bridgehead atoms. The molecule has 0 aliphatic carbocycles. The minimum atomic E-state index is -4.48. The molecule has 25 heteroatoms. The molecule has 0 aromatic heterocycles. The Morgan fingerprint density at radius 1 is 0.726 bits per heavy atom. The van der Waals surface area contributed by atoms with E-state index in [1.54, 1.807) is 24.3 Å². The standard InChI is InChI=1S/C48H69N2O20P3/c1-4-34(5-2)16-20-64-73(58,59)67-31-35(30-65-72(3,57)66-33-39(70-71(55)56)32-63-26-25-62-24-23-61-22-21-60-19-8-17-49)9-6-7-18-50-46(53)36-10-13-41-40(27-36)47(54)69-48(41)42-14-11-37(51)28-44(42)68-45-29-38(52)12-15-43(45)48/h10-15,27-29,34-35,39H,4-9,16-26,30-33,49H2,1-3H3,(H4-,50,51,52,53,55,56,58,59)/p+1. The smallest absolute Gasteiger partial charge is 0.508 e. The number of unbranched alkanes of at least 4 members (excludes halogenated alkanes) is 1. The highest BCUT2D eigenvalue weighted by Gasteiger charge is 2.54. The molecule has 0 radical (unpaired) electrons. The van der Waals surface area contributed by atoms with Crippen LogP contribution >= 0.6 is 23.7 Å². The number of benzene rings is 3. The number of phenolic OH excluding ortho intramolecular Hbond substituents is 2. The molecule has 2 aliphatic rings. The summed E-state index contributed by atoms with van der Waals surface area (Å²) in [6.07, 6.45) is 3.21. The van der Waals surface area contributed by atoms with Crippen molar-refractivity contribution in [3.63, 3.8) is 0 Å². The molecule has 5 atom stereocenters. The molecule has 1 amide bonds. The van der Waals surface area contributed by atoms with Gasteiger partial charge < -0.3 is 63.6 Å². The van der Waals surface area contributed by atoms with Gasteiger partial charge in [-0.15, -0.1) is 9.42 Å². The topological polar surface area (TPSA) is 306 Å². The van der Waals surface area contributed by atoms with Crippen molar-refractivity contribution in [2.75, 3.05) is 99.0 Å². The zero-order valence-corrected chi connectivity index (χ0v) is 44.2. The first-order chi connectivity index (χ1) is 35.0. The van der Waals surface area contributed by atoms with Crippen LogP contribution in [0.15, 0.2) is 54.6 Å². The number of phenols is 2. The molecule has 3 aromatic carbocycles. The number of aromatic hydroxyl groups is 2. The number of phosphoric acid groups is 1. The lowest BCUT2D eigenvalue weighted by atomic mass is 9.77. The Hall–Kier alpha value is -3.92. The van der Waals surface area contributed by atoms with Crippen molar-refractivity contribution >= 4 is 35.5 Å². The quantitative estimate of drug-likeness (QED) is 0.0185. The average molecular weight is 1090 g/mol. The molecule has 73 heavy (non-hydrogen) atoms. The Kier molecular flexibility index (Phi) is 24.6. The van der Waals surface area contributed by atoms with E-state index in [-0.39, 0.29) is 80.3 Å². The Morgan fingerprint density at radius 2 is 1.32 bits per heavy atom. The van der Waals surface area contributed by atoms with Crippen LogP contribution < -0.4 is 15.8 Å². The van der Waals surface area contributed by atoms with Gasteiger partial charge in [0, 0.05) is 64.7 Å². The van der Waals surface area contributed by atoms with Gasteiger partial charge in [-0.3, -0.25) is 18.4 Å². The highest BCUT2D eigenvalue weighted by Crippen LogP contribution is 2.57. The second kappa shape index (κ2) is 30.0. The molecule has 5 unspecified atom stereocenters. The number of nitrogens with two attached hydrogens (primary N) is 1. The third kappa shape index (κ3) is 18.7. The molecule has 5 rings (SSSR count). The lowest BCUT2D eigenvalue weighted by Gasteiger charge is -2.36. The summed E-state index contributed by atoms with van der Waals surface area (Å²) in [6, 6.07) is 13.5. The van der Waals surface area contributed by atoms with Gasteiger partial charge in [0.25, 0.3) is 5.91 Å². The number of rotatable bonds is 37. The lowest BCUT2D eigenvalue weighted by molar-refractivity contribution is -0.0204. The maximum Gasteiger partial charge on any atom is 0.695 e. The zero-order valence-electron chi connectivity index (χ0n) is 41.5. The first kappa shape index (κ1) is 60.0. The molecule has 7 N–H and O–H groups in total. The molecule has 2 heterocycles. The van der Waals surface area contributed by atoms with Gasteiger partial charge in [-0.1, -0.05) is 39.2 Å². The number of ether oxygens (including phenoxy) is 6. The van der Waals surface area contributed by atoms with Gasteiger partial charge in [0.15, 0.2) is 11.7 Å². The van der Waals surface area contributed by atoms with Crippen LogP contribution in [0.4, 0.5) is 0 Å². The van der Waals surface area contributed by atoms with Crippen molar-refractivity contribution in [3.8, 4) is 23.0 Å². The second-order valence-corrected chi connectivity index (χ2v) is 21.6. The van der Waals surface area contributed by atoms with Gasteiger partial charge in [-0.2, -0.15) is 0 Å². The highest BCUT2D eigenvalue weighted by atomic mass is 31.2. The normalized spacial score (nSPS) is 16.2.